The molecule has 146 valence electrons. The van der Waals surface area contributed by atoms with E-state index in [0.29, 0.717) is 17.5 Å². The standard InChI is InChI=1S/C22H28FNO3/c1-3-4-5-9-21(24-22(26)27)18-8-6-7-17(12-18)19-11-10-16(13-20(19)23)15(2)14-25/h6-8,10-13,15,21,24-25H,3-5,9,14H2,1-2H3,(H,26,27). The highest BCUT2D eigenvalue weighted by molar-refractivity contribution is 5.67. The quantitative estimate of drug-likeness (QED) is 0.510. The largest absolute Gasteiger partial charge is 0.465 e. The minimum Gasteiger partial charge on any atom is -0.465 e. The molecule has 2 rings (SSSR count). The monoisotopic (exact) mass is 373 g/mol. The molecule has 0 saturated carbocycles. The Morgan fingerprint density at radius 3 is 2.56 bits per heavy atom. The lowest BCUT2D eigenvalue weighted by Crippen LogP contribution is -2.26. The first-order valence-corrected chi connectivity index (χ1v) is 9.46. The van der Waals surface area contributed by atoms with Crippen molar-refractivity contribution in [3.05, 3.63) is 59.4 Å². The molecule has 0 radical (unpaired) electrons. The minimum atomic E-state index is -1.06. The summed E-state index contributed by atoms with van der Waals surface area (Å²) in [6.07, 6.45) is 2.67. The van der Waals surface area contributed by atoms with Gasteiger partial charge in [-0.1, -0.05) is 63.4 Å². The van der Waals surface area contributed by atoms with Crippen LogP contribution in [0.2, 0.25) is 0 Å². The molecule has 27 heavy (non-hydrogen) atoms. The Kier molecular flexibility index (Phi) is 7.80. The van der Waals surface area contributed by atoms with E-state index >= 15 is 0 Å². The van der Waals surface area contributed by atoms with E-state index in [2.05, 4.69) is 12.2 Å². The van der Waals surface area contributed by atoms with Crippen molar-refractivity contribution < 1.29 is 19.4 Å². The fraction of sp³-hybridized carbons (Fsp3) is 0.409. The summed E-state index contributed by atoms with van der Waals surface area (Å²) >= 11 is 0. The van der Waals surface area contributed by atoms with Crippen molar-refractivity contribution in [3.63, 3.8) is 0 Å². The zero-order chi connectivity index (χ0) is 19.8. The van der Waals surface area contributed by atoms with Gasteiger partial charge in [-0.15, -0.1) is 0 Å². The molecule has 5 heteroatoms. The summed E-state index contributed by atoms with van der Waals surface area (Å²) in [7, 11) is 0. The molecular formula is C22H28FNO3. The number of nitrogens with one attached hydrogen (secondary N) is 1. The SMILES string of the molecule is CCCCCC(NC(=O)O)c1cccc(-c2ccc(C(C)CO)cc2F)c1. The second kappa shape index (κ2) is 10.1. The van der Waals surface area contributed by atoms with Crippen LogP contribution in [0.4, 0.5) is 9.18 Å². The van der Waals surface area contributed by atoms with Gasteiger partial charge in [0.1, 0.15) is 5.82 Å². The van der Waals surface area contributed by atoms with Gasteiger partial charge in [0.15, 0.2) is 0 Å². The molecule has 0 aliphatic rings. The topological polar surface area (TPSA) is 69.6 Å². The molecule has 3 N–H and O–H groups in total. The Morgan fingerprint density at radius 2 is 1.93 bits per heavy atom. The van der Waals surface area contributed by atoms with E-state index in [1.807, 2.05) is 37.3 Å². The van der Waals surface area contributed by atoms with Crippen molar-refractivity contribution >= 4 is 6.09 Å². The second-order valence-electron chi connectivity index (χ2n) is 6.95. The van der Waals surface area contributed by atoms with Gasteiger partial charge in [-0.3, -0.25) is 0 Å². The Bertz CT molecular complexity index is 763. The average molecular weight is 373 g/mol. The summed E-state index contributed by atoms with van der Waals surface area (Å²) < 4.78 is 14.6. The van der Waals surface area contributed by atoms with Crippen LogP contribution in [0.3, 0.4) is 0 Å². The predicted octanol–water partition coefficient (Wildman–Crippen LogP) is 5.48. The summed E-state index contributed by atoms with van der Waals surface area (Å²) in [5, 5.41) is 21.0. The Morgan fingerprint density at radius 1 is 1.15 bits per heavy atom. The van der Waals surface area contributed by atoms with E-state index in [4.69, 9.17) is 5.11 Å². The second-order valence-corrected chi connectivity index (χ2v) is 6.95. The number of hydrogen-bond donors (Lipinski definition) is 3. The fourth-order valence-electron chi connectivity index (χ4n) is 3.17. The van der Waals surface area contributed by atoms with E-state index in [0.717, 1.165) is 30.4 Å². The van der Waals surface area contributed by atoms with Crippen molar-refractivity contribution in [1.29, 1.82) is 0 Å². The van der Waals surface area contributed by atoms with Crippen molar-refractivity contribution in [2.24, 2.45) is 0 Å². The first kappa shape index (κ1) is 20.9. The molecule has 2 unspecified atom stereocenters. The third-order valence-corrected chi connectivity index (χ3v) is 4.83. The molecule has 0 heterocycles. The van der Waals surface area contributed by atoms with Crippen molar-refractivity contribution in [2.45, 2.75) is 51.5 Å². The predicted molar refractivity (Wildman–Crippen MR) is 105 cm³/mol. The molecule has 0 bridgehead atoms. The molecule has 0 aliphatic carbocycles. The smallest absolute Gasteiger partial charge is 0.405 e. The normalized spacial score (nSPS) is 13.2. The number of aliphatic hydroxyl groups excluding tert-OH is 1. The highest BCUT2D eigenvalue weighted by Gasteiger charge is 2.16. The van der Waals surface area contributed by atoms with E-state index in [-0.39, 0.29) is 24.4 Å². The van der Waals surface area contributed by atoms with Crippen LogP contribution in [0.25, 0.3) is 11.1 Å². The van der Waals surface area contributed by atoms with Gasteiger partial charge < -0.3 is 15.5 Å². The Hall–Kier alpha value is -2.40. The molecule has 1 amide bonds. The third-order valence-electron chi connectivity index (χ3n) is 4.83. The van der Waals surface area contributed by atoms with Crippen LogP contribution >= 0.6 is 0 Å². The summed E-state index contributed by atoms with van der Waals surface area (Å²) in [5.41, 5.74) is 2.76. The van der Waals surface area contributed by atoms with Crippen LogP contribution in [-0.2, 0) is 0 Å². The average Bonchev–Trinajstić information content (AvgIpc) is 2.66. The summed E-state index contributed by atoms with van der Waals surface area (Å²) in [4.78, 5) is 11.2. The van der Waals surface area contributed by atoms with Gasteiger partial charge in [0, 0.05) is 18.1 Å². The van der Waals surface area contributed by atoms with Crippen molar-refractivity contribution in [1.82, 2.24) is 5.32 Å². The van der Waals surface area contributed by atoms with Crippen LogP contribution in [0.15, 0.2) is 42.5 Å². The molecular weight excluding hydrogens is 345 g/mol. The minimum absolute atomic E-state index is 0.0332. The van der Waals surface area contributed by atoms with Crippen LogP contribution in [0, 0.1) is 5.82 Å². The van der Waals surface area contributed by atoms with Gasteiger partial charge in [-0.2, -0.15) is 0 Å². The lowest BCUT2D eigenvalue weighted by atomic mass is 9.94. The Labute approximate surface area is 160 Å². The van der Waals surface area contributed by atoms with Gasteiger partial charge in [0.25, 0.3) is 0 Å². The first-order valence-electron chi connectivity index (χ1n) is 9.46. The number of rotatable bonds is 9. The van der Waals surface area contributed by atoms with Gasteiger partial charge in [-0.25, -0.2) is 9.18 Å². The van der Waals surface area contributed by atoms with Crippen LogP contribution < -0.4 is 5.32 Å². The van der Waals surface area contributed by atoms with Gasteiger partial charge in [0.2, 0.25) is 0 Å². The van der Waals surface area contributed by atoms with E-state index in [1.165, 1.54) is 6.07 Å². The number of amides is 1. The first-order chi connectivity index (χ1) is 13.0. The van der Waals surface area contributed by atoms with Crippen LogP contribution in [-0.4, -0.2) is 22.9 Å². The fourth-order valence-corrected chi connectivity index (χ4v) is 3.17. The van der Waals surface area contributed by atoms with Crippen molar-refractivity contribution in [3.8, 4) is 11.1 Å². The number of aliphatic hydroxyl groups is 1. The van der Waals surface area contributed by atoms with Crippen LogP contribution in [0.1, 0.15) is 62.6 Å². The van der Waals surface area contributed by atoms with Gasteiger partial charge in [0.05, 0.1) is 6.04 Å². The molecule has 2 aromatic rings. The number of halogens is 1. The molecule has 0 fully saturated rings. The summed E-state index contributed by atoms with van der Waals surface area (Å²) in [6.45, 7) is 3.91. The number of carbonyl (C=O) groups is 1. The molecule has 0 aliphatic heterocycles. The number of hydrogen-bond acceptors (Lipinski definition) is 2. The molecule has 2 aromatic carbocycles. The molecule has 0 spiro atoms. The zero-order valence-corrected chi connectivity index (χ0v) is 15.9. The lowest BCUT2D eigenvalue weighted by Gasteiger charge is -2.18. The maximum absolute atomic E-state index is 14.6. The lowest BCUT2D eigenvalue weighted by molar-refractivity contribution is 0.189. The van der Waals surface area contributed by atoms with Gasteiger partial charge in [-0.05, 0) is 35.2 Å². The number of carboxylic acid groups (broad SMARTS) is 1. The summed E-state index contributed by atoms with van der Waals surface area (Å²) in [5.74, 6) is -0.471. The molecule has 4 nitrogen and oxygen atoms in total. The van der Waals surface area contributed by atoms with Crippen molar-refractivity contribution in [2.75, 3.05) is 6.61 Å². The highest BCUT2D eigenvalue weighted by atomic mass is 19.1. The summed E-state index contributed by atoms with van der Waals surface area (Å²) in [6, 6.07) is 12.0. The zero-order valence-electron chi connectivity index (χ0n) is 15.9. The maximum Gasteiger partial charge on any atom is 0.405 e. The van der Waals surface area contributed by atoms with E-state index in [1.54, 1.807) is 6.07 Å². The number of unbranched alkanes of at least 4 members (excludes halogenated alkanes) is 2. The van der Waals surface area contributed by atoms with Gasteiger partial charge >= 0.3 is 6.09 Å². The molecule has 0 saturated heterocycles. The maximum atomic E-state index is 14.6. The Balaban J connectivity index is 2.30. The molecule has 2 atom stereocenters. The molecule has 0 aromatic heterocycles. The van der Waals surface area contributed by atoms with E-state index in [9.17, 15) is 14.3 Å². The van der Waals surface area contributed by atoms with E-state index < -0.39 is 6.09 Å². The number of benzene rings is 2. The van der Waals surface area contributed by atoms with Crippen LogP contribution in [0.5, 0.6) is 0 Å². The third kappa shape index (κ3) is 5.79. The highest BCUT2D eigenvalue weighted by Crippen LogP contribution is 2.29.